The van der Waals surface area contributed by atoms with Crippen molar-refractivity contribution in [1.29, 1.82) is 0 Å². The molecule has 0 aliphatic carbocycles. The molecule has 0 radical (unpaired) electrons. The summed E-state index contributed by atoms with van der Waals surface area (Å²) in [5.74, 6) is 0.635. The Kier molecular flexibility index (Phi) is 2.27. The molecule has 2 rings (SSSR count). The first kappa shape index (κ1) is 10.5. The number of ketones is 1. The maximum Gasteiger partial charge on any atom is 0.170 e. The molecule has 0 saturated heterocycles. The summed E-state index contributed by atoms with van der Waals surface area (Å²) in [6.07, 6.45) is 0.403. The maximum absolute atomic E-state index is 11.9. The van der Waals surface area contributed by atoms with E-state index in [0.717, 1.165) is 5.56 Å². The molecule has 0 aromatic heterocycles. The van der Waals surface area contributed by atoms with Gasteiger partial charge in [-0.25, -0.2) is 0 Å². The summed E-state index contributed by atoms with van der Waals surface area (Å²) in [6, 6.07) is 3.65. The summed E-state index contributed by atoms with van der Waals surface area (Å²) >= 11 is 6.06. The van der Waals surface area contributed by atoms with Gasteiger partial charge < -0.3 is 4.74 Å². The van der Waals surface area contributed by atoms with E-state index in [4.69, 9.17) is 16.3 Å². The fraction of sp³-hybridized carbons (Fsp3) is 0.417. The number of halogens is 1. The number of ether oxygens (including phenoxy) is 1. The van der Waals surface area contributed by atoms with E-state index < -0.39 is 5.60 Å². The van der Waals surface area contributed by atoms with Crippen molar-refractivity contribution in [2.75, 3.05) is 0 Å². The Balaban J connectivity index is 2.60. The number of fused-ring (bicyclic) bond motifs is 1. The average Bonchev–Trinajstić information content (AvgIpc) is 2.06. The first-order valence-corrected chi connectivity index (χ1v) is 5.29. The zero-order chi connectivity index (χ0) is 11.2. The van der Waals surface area contributed by atoms with Gasteiger partial charge in [0.25, 0.3) is 0 Å². The van der Waals surface area contributed by atoms with Gasteiger partial charge in [-0.05, 0) is 38.5 Å². The monoisotopic (exact) mass is 224 g/mol. The van der Waals surface area contributed by atoms with Crippen LogP contribution < -0.4 is 4.74 Å². The number of rotatable bonds is 0. The van der Waals surface area contributed by atoms with Gasteiger partial charge in [0.15, 0.2) is 5.78 Å². The second kappa shape index (κ2) is 3.24. The molecule has 80 valence electrons. The normalized spacial score (nSPS) is 18.3. The molecule has 0 saturated carbocycles. The van der Waals surface area contributed by atoms with Gasteiger partial charge >= 0.3 is 0 Å². The molecule has 1 aliphatic rings. The van der Waals surface area contributed by atoms with E-state index in [-0.39, 0.29) is 5.78 Å². The van der Waals surface area contributed by atoms with Gasteiger partial charge in [-0.2, -0.15) is 0 Å². The molecule has 0 N–H and O–H groups in total. The Hall–Kier alpha value is -1.02. The number of aryl methyl sites for hydroxylation is 1. The van der Waals surface area contributed by atoms with E-state index in [1.807, 2.05) is 32.9 Å². The number of Topliss-reactive ketones (excluding diaryl/α,β-unsaturated/α-hetero) is 1. The average molecular weight is 225 g/mol. The van der Waals surface area contributed by atoms with E-state index in [0.29, 0.717) is 22.8 Å². The lowest BCUT2D eigenvalue weighted by Crippen LogP contribution is -2.36. The Morgan fingerprint density at radius 1 is 1.40 bits per heavy atom. The van der Waals surface area contributed by atoms with Gasteiger partial charge in [0.2, 0.25) is 0 Å². The number of benzene rings is 1. The molecule has 1 aliphatic heterocycles. The van der Waals surface area contributed by atoms with Crippen molar-refractivity contribution in [3.05, 3.63) is 28.3 Å². The summed E-state index contributed by atoms with van der Waals surface area (Å²) in [5, 5.41) is 0.520. The quantitative estimate of drug-likeness (QED) is 0.675. The zero-order valence-electron chi connectivity index (χ0n) is 9.06. The molecule has 0 atom stereocenters. The van der Waals surface area contributed by atoms with E-state index in [9.17, 15) is 4.79 Å². The minimum absolute atomic E-state index is 0.104. The smallest absolute Gasteiger partial charge is 0.170 e. The lowest BCUT2D eigenvalue weighted by molar-refractivity contribution is 0.0620. The molecule has 2 nitrogen and oxygen atoms in total. The van der Waals surface area contributed by atoms with Gasteiger partial charge in [-0.3, -0.25) is 4.79 Å². The highest BCUT2D eigenvalue weighted by atomic mass is 35.5. The zero-order valence-corrected chi connectivity index (χ0v) is 9.81. The number of carbonyl (C=O) groups excluding carboxylic acids is 1. The van der Waals surface area contributed by atoms with Crippen LogP contribution in [0.4, 0.5) is 0 Å². The SMILES string of the molecule is Cc1cc(Cl)c2c(c1)C(=O)CC(C)(C)O2. The molecule has 1 aromatic rings. The molecule has 0 spiro atoms. The number of hydrogen-bond acceptors (Lipinski definition) is 2. The Labute approximate surface area is 94.2 Å². The predicted molar refractivity (Wildman–Crippen MR) is 59.8 cm³/mol. The molecule has 15 heavy (non-hydrogen) atoms. The van der Waals surface area contributed by atoms with E-state index in [1.54, 1.807) is 0 Å². The van der Waals surface area contributed by atoms with E-state index in [2.05, 4.69) is 0 Å². The van der Waals surface area contributed by atoms with Crippen LogP contribution >= 0.6 is 11.6 Å². The van der Waals surface area contributed by atoms with E-state index >= 15 is 0 Å². The second-order valence-corrected chi connectivity index (χ2v) is 4.99. The van der Waals surface area contributed by atoms with Crippen molar-refractivity contribution in [3.63, 3.8) is 0 Å². The number of hydrogen-bond donors (Lipinski definition) is 0. The number of carbonyl (C=O) groups is 1. The van der Waals surface area contributed by atoms with Crippen LogP contribution in [0.1, 0.15) is 36.2 Å². The van der Waals surface area contributed by atoms with Crippen molar-refractivity contribution in [2.24, 2.45) is 0 Å². The summed E-state index contributed by atoms with van der Waals surface area (Å²) < 4.78 is 5.72. The Morgan fingerprint density at radius 2 is 2.07 bits per heavy atom. The van der Waals surface area contributed by atoms with Crippen LogP contribution in [0.15, 0.2) is 12.1 Å². The Bertz CT molecular complexity index is 435. The topological polar surface area (TPSA) is 26.3 Å². The highest BCUT2D eigenvalue weighted by Gasteiger charge is 2.33. The summed E-state index contributed by atoms with van der Waals surface area (Å²) in [4.78, 5) is 11.9. The molecule has 0 unspecified atom stereocenters. The van der Waals surface area contributed by atoms with Crippen LogP contribution in [0.3, 0.4) is 0 Å². The van der Waals surface area contributed by atoms with Crippen molar-refractivity contribution in [3.8, 4) is 5.75 Å². The third kappa shape index (κ3) is 1.86. The lowest BCUT2D eigenvalue weighted by atomic mass is 9.92. The predicted octanol–water partition coefficient (Wildman–Crippen LogP) is 3.39. The molecular weight excluding hydrogens is 212 g/mol. The van der Waals surface area contributed by atoms with Gasteiger partial charge in [-0.15, -0.1) is 0 Å². The van der Waals surface area contributed by atoms with Gasteiger partial charge in [-0.1, -0.05) is 11.6 Å². The first-order valence-electron chi connectivity index (χ1n) is 4.91. The first-order chi connectivity index (χ1) is 6.89. The van der Waals surface area contributed by atoms with Crippen LogP contribution in [0.5, 0.6) is 5.75 Å². The van der Waals surface area contributed by atoms with Crippen molar-refractivity contribution in [2.45, 2.75) is 32.8 Å². The summed E-state index contributed by atoms with van der Waals surface area (Å²) in [5.41, 5.74) is 1.14. The van der Waals surface area contributed by atoms with Crippen LogP contribution in [-0.2, 0) is 0 Å². The minimum atomic E-state index is -0.455. The highest BCUT2D eigenvalue weighted by Crippen LogP contribution is 2.38. The maximum atomic E-state index is 11.9. The van der Waals surface area contributed by atoms with E-state index in [1.165, 1.54) is 0 Å². The van der Waals surface area contributed by atoms with Crippen molar-refractivity contribution in [1.82, 2.24) is 0 Å². The minimum Gasteiger partial charge on any atom is -0.485 e. The molecule has 1 aromatic carbocycles. The molecule has 1 heterocycles. The fourth-order valence-corrected chi connectivity index (χ4v) is 2.15. The van der Waals surface area contributed by atoms with Gasteiger partial charge in [0.05, 0.1) is 17.0 Å². The molecule has 0 bridgehead atoms. The van der Waals surface area contributed by atoms with Crippen LogP contribution in [0.25, 0.3) is 0 Å². The molecular formula is C12H13ClO2. The second-order valence-electron chi connectivity index (χ2n) is 4.59. The van der Waals surface area contributed by atoms with Crippen LogP contribution in [0.2, 0.25) is 5.02 Å². The largest absolute Gasteiger partial charge is 0.485 e. The molecule has 3 heteroatoms. The standard InChI is InChI=1S/C12H13ClO2/c1-7-4-8-10(14)6-12(2,3)15-11(8)9(13)5-7/h4-5H,6H2,1-3H3. The summed E-state index contributed by atoms with van der Waals surface area (Å²) in [7, 11) is 0. The fourth-order valence-electron chi connectivity index (χ4n) is 1.83. The third-order valence-electron chi connectivity index (χ3n) is 2.45. The third-order valence-corrected chi connectivity index (χ3v) is 2.73. The van der Waals surface area contributed by atoms with Crippen LogP contribution in [0, 0.1) is 6.92 Å². The van der Waals surface area contributed by atoms with Crippen molar-refractivity contribution < 1.29 is 9.53 Å². The van der Waals surface area contributed by atoms with Crippen molar-refractivity contribution >= 4 is 17.4 Å². The highest BCUT2D eigenvalue weighted by molar-refractivity contribution is 6.33. The molecule has 0 fully saturated rings. The lowest BCUT2D eigenvalue weighted by Gasteiger charge is -2.32. The molecule has 0 amide bonds. The van der Waals surface area contributed by atoms with Gasteiger partial charge in [0, 0.05) is 0 Å². The van der Waals surface area contributed by atoms with Crippen LogP contribution in [-0.4, -0.2) is 11.4 Å². The van der Waals surface area contributed by atoms with Gasteiger partial charge in [0.1, 0.15) is 11.4 Å². The summed E-state index contributed by atoms with van der Waals surface area (Å²) in [6.45, 7) is 5.70. The Morgan fingerprint density at radius 3 is 2.73 bits per heavy atom.